The maximum Gasteiger partial charge on any atom is 0.115 e. The molecular formula is C13H14N2O. The van der Waals surface area contributed by atoms with Gasteiger partial charge in [0.2, 0.25) is 0 Å². The van der Waals surface area contributed by atoms with Gasteiger partial charge in [0, 0.05) is 12.4 Å². The molecule has 0 saturated carbocycles. The van der Waals surface area contributed by atoms with Gasteiger partial charge in [-0.25, -0.2) is 9.97 Å². The van der Waals surface area contributed by atoms with Crippen molar-refractivity contribution < 1.29 is 4.74 Å². The molecular weight excluding hydrogens is 200 g/mol. The third kappa shape index (κ3) is 5.54. The summed E-state index contributed by atoms with van der Waals surface area (Å²) in [5.74, 6) is 0. The summed E-state index contributed by atoms with van der Waals surface area (Å²) in [6.45, 7) is 0. The lowest BCUT2D eigenvalue weighted by molar-refractivity contribution is 0.341. The van der Waals surface area contributed by atoms with Gasteiger partial charge < -0.3 is 4.74 Å². The Balaban J connectivity index is 0.000000181. The lowest BCUT2D eigenvalue weighted by Gasteiger charge is -1.89. The SMILES string of the molecule is COC=Cc1ccccc1.c1cncnc1. The molecule has 0 aliphatic carbocycles. The number of aromatic nitrogens is 2. The maximum absolute atomic E-state index is 4.77. The van der Waals surface area contributed by atoms with Crippen LogP contribution < -0.4 is 0 Å². The lowest BCUT2D eigenvalue weighted by Crippen LogP contribution is -1.69. The molecule has 2 rings (SSSR count). The van der Waals surface area contributed by atoms with Crippen LogP contribution in [0.25, 0.3) is 6.08 Å². The summed E-state index contributed by atoms with van der Waals surface area (Å²) < 4.78 is 4.77. The summed E-state index contributed by atoms with van der Waals surface area (Å²) >= 11 is 0. The van der Waals surface area contributed by atoms with Crippen LogP contribution in [0.5, 0.6) is 0 Å². The fourth-order valence-corrected chi connectivity index (χ4v) is 0.964. The molecule has 0 unspecified atom stereocenters. The summed E-state index contributed by atoms with van der Waals surface area (Å²) in [5, 5.41) is 0. The molecule has 0 saturated heterocycles. The molecule has 1 aromatic heterocycles. The van der Waals surface area contributed by atoms with Gasteiger partial charge in [0.15, 0.2) is 0 Å². The van der Waals surface area contributed by atoms with Gasteiger partial charge in [-0.3, -0.25) is 0 Å². The number of hydrogen-bond acceptors (Lipinski definition) is 3. The Bertz CT molecular complexity index is 360. The smallest absolute Gasteiger partial charge is 0.115 e. The molecule has 3 heteroatoms. The van der Waals surface area contributed by atoms with Crippen molar-refractivity contribution in [1.29, 1.82) is 0 Å². The first-order chi connectivity index (χ1) is 7.93. The largest absolute Gasteiger partial charge is 0.504 e. The number of rotatable bonds is 2. The molecule has 16 heavy (non-hydrogen) atoms. The van der Waals surface area contributed by atoms with Crippen LogP contribution in [0, 0.1) is 0 Å². The summed E-state index contributed by atoms with van der Waals surface area (Å²) in [6, 6.07) is 11.8. The molecule has 0 bridgehead atoms. The van der Waals surface area contributed by atoms with Crippen molar-refractivity contribution in [1.82, 2.24) is 9.97 Å². The van der Waals surface area contributed by atoms with Crippen LogP contribution in [0.3, 0.4) is 0 Å². The first kappa shape index (κ1) is 11.9. The molecule has 0 atom stereocenters. The third-order valence-corrected chi connectivity index (χ3v) is 1.67. The number of ether oxygens (including phenoxy) is 1. The molecule has 1 heterocycles. The third-order valence-electron chi connectivity index (χ3n) is 1.67. The second-order valence-electron chi connectivity index (χ2n) is 2.85. The second-order valence-corrected chi connectivity index (χ2v) is 2.85. The first-order valence-corrected chi connectivity index (χ1v) is 4.88. The highest BCUT2D eigenvalue weighted by atomic mass is 16.5. The Labute approximate surface area is 95.5 Å². The van der Waals surface area contributed by atoms with Crippen LogP contribution in [0.4, 0.5) is 0 Å². The Morgan fingerprint density at radius 1 is 1.00 bits per heavy atom. The Morgan fingerprint density at radius 3 is 2.12 bits per heavy atom. The van der Waals surface area contributed by atoms with E-state index in [2.05, 4.69) is 9.97 Å². The summed E-state index contributed by atoms with van der Waals surface area (Å²) in [6.07, 6.45) is 8.45. The molecule has 0 fully saturated rings. The Hall–Kier alpha value is -2.16. The van der Waals surface area contributed by atoms with Crippen LogP contribution in [-0.2, 0) is 4.74 Å². The minimum atomic E-state index is 1.16. The summed E-state index contributed by atoms with van der Waals surface area (Å²) in [7, 11) is 1.64. The zero-order chi connectivity index (χ0) is 11.5. The molecule has 0 amide bonds. The van der Waals surface area contributed by atoms with Crippen LogP contribution in [0.15, 0.2) is 61.4 Å². The minimum Gasteiger partial charge on any atom is -0.504 e. The van der Waals surface area contributed by atoms with Gasteiger partial charge >= 0.3 is 0 Å². The van der Waals surface area contributed by atoms with Crippen molar-refractivity contribution in [2.75, 3.05) is 7.11 Å². The van der Waals surface area contributed by atoms with Crippen molar-refractivity contribution in [2.45, 2.75) is 0 Å². The van der Waals surface area contributed by atoms with Crippen molar-refractivity contribution in [3.63, 3.8) is 0 Å². The van der Waals surface area contributed by atoms with Gasteiger partial charge in [-0.05, 0) is 17.7 Å². The van der Waals surface area contributed by atoms with Gasteiger partial charge in [-0.2, -0.15) is 0 Å². The van der Waals surface area contributed by atoms with Crippen molar-refractivity contribution in [2.24, 2.45) is 0 Å². The summed E-state index contributed by atoms with van der Waals surface area (Å²) in [4.78, 5) is 7.35. The number of hydrogen-bond donors (Lipinski definition) is 0. The van der Waals surface area contributed by atoms with Crippen LogP contribution in [-0.4, -0.2) is 17.1 Å². The molecule has 2 aromatic rings. The van der Waals surface area contributed by atoms with Crippen LogP contribution in [0.1, 0.15) is 5.56 Å². The quantitative estimate of drug-likeness (QED) is 0.721. The predicted octanol–water partition coefficient (Wildman–Crippen LogP) is 2.78. The van der Waals surface area contributed by atoms with E-state index in [1.807, 2.05) is 36.4 Å². The van der Waals surface area contributed by atoms with E-state index in [1.165, 1.54) is 6.33 Å². The molecule has 0 N–H and O–H groups in total. The van der Waals surface area contributed by atoms with Gasteiger partial charge in [-0.15, -0.1) is 0 Å². The normalized spacial score (nSPS) is 9.31. The standard InChI is InChI=1S/C9H10O.C4H4N2/c1-10-8-7-9-5-3-2-4-6-9;1-2-5-4-6-3-1/h2-8H,1H3;1-4H. The topological polar surface area (TPSA) is 35.0 Å². The average molecular weight is 214 g/mol. The van der Waals surface area contributed by atoms with Gasteiger partial charge in [0.1, 0.15) is 6.33 Å². The molecule has 0 radical (unpaired) electrons. The minimum absolute atomic E-state index is 1.16. The van der Waals surface area contributed by atoms with E-state index < -0.39 is 0 Å². The van der Waals surface area contributed by atoms with E-state index in [4.69, 9.17) is 4.74 Å². The van der Waals surface area contributed by atoms with E-state index in [0.717, 1.165) is 5.56 Å². The summed E-state index contributed by atoms with van der Waals surface area (Å²) in [5.41, 5.74) is 1.16. The molecule has 0 aliphatic rings. The fraction of sp³-hybridized carbons (Fsp3) is 0.0769. The van der Waals surface area contributed by atoms with Crippen molar-refractivity contribution in [3.05, 3.63) is 66.9 Å². The van der Waals surface area contributed by atoms with Gasteiger partial charge in [-0.1, -0.05) is 30.3 Å². The Kier molecular flexibility index (Phi) is 6.09. The number of methoxy groups -OCH3 is 1. The highest BCUT2D eigenvalue weighted by Crippen LogP contribution is 1.99. The second kappa shape index (κ2) is 8.17. The van der Waals surface area contributed by atoms with E-state index in [1.54, 1.807) is 31.8 Å². The zero-order valence-corrected chi connectivity index (χ0v) is 9.15. The molecule has 0 spiro atoms. The maximum atomic E-state index is 4.77. The molecule has 0 aliphatic heterocycles. The predicted molar refractivity (Wildman–Crippen MR) is 64.5 cm³/mol. The fourth-order valence-electron chi connectivity index (χ4n) is 0.964. The highest BCUT2D eigenvalue weighted by Gasteiger charge is 1.79. The lowest BCUT2D eigenvalue weighted by atomic mass is 10.2. The van der Waals surface area contributed by atoms with Crippen molar-refractivity contribution >= 4 is 6.08 Å². The first-order valence-electron chi connectivity index (χ1n) is 4.88. The van der Waals surface area contributed by atoms with E-state index in [-0.39, 0.29) is 0 Å². The molecule has 3 nitrogen and oxygen atoms in total. The molecule has 82 valence electrons. The highest BCUT2D eigenvalue weighted by molar-refractivity contribution is 5.47. The van der Waals surface area contributed by atoms with Crippen LogP contribution >= 0.6 is 0 Å². The molecule has 1 aromatic carbocycles. The van der Waals surface area contributed by atoms with E-state index >= 15 is 0 Å². The van der Waals surface area contributed by atoms with Gasteiger partial charge in [0.25, 0.3) is 0 Å². The average Bonchev–Trinajstić information content (AvgIpc) is 2.40. The van der Waals surface area contributed by atoms with E-state index in [0.29, 0.717) is 0 Å². The number of nitrogens with zero attached hydrogens (tertiary/aromatic N) is 2. The Morgan fingerprint density at radius 2 is 1.69 bits per heavy atom. The van der Waals surface area contributed by atoms with Crippen molar-refractivity contribution in [3.8, 4) is 0 Å². The monoisotopic (exact) mass is 214 g/mol. The number of benzene rings is 1. The van der Waals surface area contributed by atoms with Crippen LogP contribution in [0.2, 0.25) is 0 Å². The van der Waals surface area contributed by atoms with Gasteiger partial charge in [0.05, 0.1) is 13.4 Å². The van der Waals surface area contributed by atoms with E-state index in [9.17, 15) is 0 Å². The zero-order valence-electron chi connectivity index (χ0n) is 9.15.